The van der Waals surface area contributed by atoms with Crippen molar-refractivity contribution in [1.29, 1.82) is 0 Å². The van der Waals surface area contributed by atoms with Crippen LogP contribution in [-0.4, -0.2) is 12.6 Å². The largest absolute Gasteiger partial charge is 0.375 e. The minimum absolute atomic E-state index is 0.0476. The van der Waals surface area contributed by atoms with Gasteiger partial charge in [-0.25, -0.2) is 0 Å². The molecule has 0 bridgehead atoms. The van der Waals surface area contributed by atoms with Gasteiger partial charge < -0.3 is 10.5 Å². The molecule has 2 rings (SSSR count). The molecule has 0 saturated heterocycles. The lowest BCUT2D eigenvalue weighted by Crippen LogP contribution is -2.28. The predicted molar refractivity (Wildman–Crippen MR) is 79.0 cm³/mol. The van der Waals surface area contributed by atoms with Gasteiger partial charge in [0.25, 0.3) is 0 Å². The number of rotatable bonds is 6. The number of nitrogens with two attached hydrogens (primary N) is 1. The molecule has 0 amide bonds. The van der Waals surface area contributed by atoms with Crippen LogP contribution in [0, 0.1) is 6.92 Å². The highest BCUT2D eigenvalue weighted by atomic mass is 16.5. The molecule has 0 heterocycles. The maximum absolute atomic E-state index is 6.08. The van der Waals surface area contributed by atoms with Gasteiger partial charge in [-0.05, 0) is 30.0 Å². The van der Waals surface area contributed by atoms with Crippen molar-refractivity contribution >= 4 is 0 Å². The van der Waals surface area contributed by atoms with Crippen molar-refractivity contribution in [2.45, 2.75) is 26.0 Å². The molecule has 0 unspecified atom stereocenters. The molecule has 0 saturated carbocycles. The highest BCUT2D eigenvalue weighted by Gasteiger charge is 2.05. The van der Waals surface area contributed by atoms with E-state index >= 15 is 0 Å². The van der Waals surface area contributed by atoms with E-state index in [4.69, 9.17) is 10.5 Å². The van der Waals surface area contributed by atoms with Gasteiger partial charge in [-0.15, -0.1) is 0 Å². The molecule has 2 aromatic rings. The minimum Gasteiger partial charge on any atom is -0.375 e. The minimum atomic E-state index is 0.0476. The SMILES string of the molecule is Cc1ccccc1COC[C@@H](N)Cc1ccccc1. The summed E-state index contributed by atoms with van der Waals surface area (Å²) in [5.74, 6) is 0. The van der Waals surface area contributed by atoms with E-state index in [-0.39, 0.29) is 6.04 Å². The van der Waals surface area contributed by atoms with Crippen LogP contribution in [0.15, 0.2) is 54.6 Å². The van der Waals surface area contributed by atoms with Gasteiger partial charge in [-0.2, -0.15) is 0 Å². The summed E-state index contributed by atoms with van der Waals surface area (Å²) in [6.45, 7) is 3.32. The Morgan fingerprint density at radius 2 is 1.68 bits per heavy atom. The first kappa shape index (κ1) is 13.8. The molecule has 0 aliphatic rings. The van der Waals surface area contributed by atoms with Crippen LogP contribution in [0.3, 0.4) is 0 Å². The smallest absolute Gasteiger partial charge is 0.0720 e. The molecule has 2 aromatic carbocycles. The van der Waals surface area contributed by atoms with Crippen LogP contribution in [0.4, 0.5) is 0 Å². The molecule has 0 aliphatic heterocycles. The van der Waals surface area contributed by atoms with Crippen LogP contribution in [0.5, 0.6) is 0 Å². The van der Waals surface area contributed by atoms with Crippen LogP contribution in [0.2, 0.25) is 0 Å². The third-order valence-electron chi connectivity index (χ3n) is 3.19. The third-order valence-corrected chi connectivity index (χ3v) is 3.19. The highest BCUT2D eigenvalue weighted by Crippen LogP contribution is 2.09. The summed E-state index contributed by atoms with van der Waals surface area (Å²) in [4.78, 5) is 0. The summed E-state index contributed by atoms with van der Waals surface area (Å²) >= 11 is 0. The molecular weight excluding hydrogens is 234 g/mol. The topological polar surface area (TPSA) is 35.2 Å². The van der Waals surface area contributed by atoms with Crippen molar-refractivity contribution in [2.75, 3.05) is 6.61 Å². The predicted octanol–water partition coefficient (Wildman–Crippen LogP) is 3.08. The van der Waals surface area contributed by atoms with Gasteiger partial charge >= 0.3 is 0 Å². The van der Waals surface area contributed by atoms with Crippen molar-refractivity contribution in [2.24, 2.45) is 5.73 Å². The van der Waals surface area contributed by atoms with Crippen LogP contribution < -0.4 is 5.73 Å². The second-order valence-electron chi connectivity index (χ2n) is 4.89. The van der Waals surface area contributed by atoms with Gasteiger partial charge in [0.15, 0.2) is 0 Å². The number of hydrogen-bond acceptors (Lipinski definition) is 2. The molecule has 100 valence electrons. The highest BCUT2D eigenvalue weighted by molar-refractivity contribution is 5.24. The van der Waals surface area contributed by atoms with Crippen molar-refractivity contribution in [1.82, 2.24) is 0 Å². The van der Waals surface area contributed by atoms with Crippen LogP contribution >= 0.6 is 0 Å². The van der Waals surface area contributed by atoms with Crippen molar-refractivity contribution in [3.63, 3.8) is 0 Å². The van der Waals surface area contributed by atoms with E-state index in [1.807, 2.05) is 30.3 Å². The first-order valence-corrected chi connectivity index (χ1v) is 6.67. The Morgan fingerprint density at radius 1 is 1.00 bits per heavy atom. The standard InChI is InChI=1S/C17H21NO/c1-14-7-5-6-10-16(14)12-19-13-17(18)11-15-8-3-2-4-9-15/h2-10,17H,11-13,18H2,1H3/t17-/m0/s1. The number of benzene rings is 2. The summed E-state index contributed by atoms with van der Waals surface area (Å²) in [5, 5.41) is 0. The van der Waals surface area contributed by atoms with Gasteiger partial charge in [0.2, 0.25) is 0 Å². The lowest BCUT2D eigenvalue weighted by molar-refractivity contribution is 0.107. The molecule has 0 radical (unpaired) electrons. The number of aryl methyl sites for hydroxylation is 1. The molecule has 19 heavy (non-hydrogen) atoms. The second kappa shape index (κ2) is 7.07. The van der Waals surface area contributed by atoms with Crippen molar-refractivity contribution in [3.8, 4) is 0 Å². The molecule has 1 atom stereocenters. The molecule has 2 N–H and O–H groups in total. The third kappa shape index (κ3) is 4.51. The summed E-state index contributed by atoms with van der Waals surface area (Å²) in [7, 11) is 0. The van der Waals surface area contributed by atoms with Crippen molar-refractivity contribution < 1.29 is 4.74 Å². The lowest BCUT2D eigenvalue weighted by Gasteiger charge is -2.13. The Morgan fingerprint density at radius 3 is 2.42 bits per heavy atom. The molecule has 0 spiro atoms. The average molecular weight is 255 g/mol. The summed E-state index contributed by atoms with van der Waals surface area (Å²) in [6, 6.07) is 18.6. The fourth-order valence-electron chi connectivity index (χ4n) is 2.07. The first-order chi connectivity index (χ1) is 9.25. The van der Waals surface area contributed by atoms with Gasteiger partial charge in [-0.1, -0.05) is 54.6 Å². The summed E-state index contributed by atoms with van der Waals surface area (Å²) in [6.07, 6.45) is 0.856. The quantitative estimate of drug-likeness (QED) is 0.861. The lowest BCUT2D eigenvalue weighted by atomic mass is 10.1. The van der Waals surface area contributed by atoms with Crippen molar-refractivity contribution in [3.05, 3.63) is 71.3 Å². The molecule has 0 fully saturated rings. The van der Waals surface area contributed by atoms with Gasteiger partial charge in [0, 0.05) is 6.04 Å². The second-order valence-corrected chi connectivity index (χ2v) is 4.89. The maximum Gasteiger partial charge on any atom is 0.0720 e. The fourth-order valence-corrected chi connectivity index (χ4v) is 2.07. The Labute approximate surface area is 115 Å². The number of ether oxygens (including phenoxy) is 1. The van der Waals surface area contributed by atoms with Gasteiger partial charge in [0.05, 0.1) is 13.2 Å². The molecule has 2 heteroatoms. The van der Waals surface area contributed by atoms with E-state index < -0.39 is 0 Å². The zero-order chi connectivity index (χ0) is 13.5. The molecular formula is C17H21NO. The normalized spacial score (nSPS) is 12.3. The fraction of sp³-hybridized carbons (Fsp3) is 0.294. The van der Waals surface area contributed by atoms with Crippen LogP contribution in [0.1, 0.15) is 16.7 Å². The first-order valence-electron chi connectivity index (χ1n) is 6.67. The number of hydrogen-bond donors (Lipinski definition) is 1. The van der Waals surface area contributed by atoms with Gasteiger partial charge in [-0.3, -0.25) is 0 Å². The zero-order valence-corrected chi connectivity index (χ0v) is 11.4. The zero-order valence-electron chi connectivity index (χ0n) is 11.4. The van der Waals surface area contributed by atoms with E-state index in [1.54, 1.807) is 0 Å². The van der Waals surface area contributed by atoms with Crippen LogP contribution in [-0.2, 0) is 17.8 Å². The molecule has 2 nitrogen and oxygen atoms in total. The average Bonchev–Trinajstić information content (AvgIpc) is 2.42. The molecule has 0 aliphatic carbocycles. The maximum atomic E-state index is 6.08. The van der Waals surface area contributed by atoms with Crippen LogP contribution in [0.25, 0.3) is 0 Å². The Balaban J connectivity index is 1.75. The van der Waals surface area contributed by atoms with E-state index in [0.29, 0.717) is 13.2 Å². The monoisotopic (exact) mass is 255 g/mol. The summed E-state index contributed by atoms with van der Waals surface area (Å²) in [5.41, 5.74) is 9.84. The van der Waals surface area contributed by atoms with E-state index in [1.165, 1.54) is 16.7 Å². The molecule has 0 aromatic heterocycles. The Hall–Kier alpha value is -1.64. The summed E-state index contributed by atoms with van der Waals surface area (Å²) < 4.78 is 5.71. The van der Waals surface area contributed by atoms with Gasteiger partial charge in [0.1, 0.15) is 0 Å². The van der Waals surface area contributed by atoms with E-state index in [9.17, 15) is 0 Å². The van der Waals surface area contributed by atoms with E-state index in [0.717, 1.165) is 6.42 Å². The Bertz CT molecular complexity index is 496. The van der Waals surface area contributed by atoms with E-state index in [2.05, 4.69) is 31.2 Å². The Kier molecular flexibility index (Phi) is 5.13.